The van der Waals surface area contributed by atoms with Crippen molar-refractivity contribution in [2.45, 2.75) is 13.0 Å². The number of fused-ring (bicyclic) bond motifs is 1. The molecule has 0 fully saturated rings. The SMILES string of the molecule is O=C(O)c1ncnc2c1CCOC2. The zero-order chi connectivity index (χ0) is 9.26. The number of hydrogen-bond acceptors (Lipinski definition) is 4. The van der Waals surface area contributed by atoms with Gasteiger partial charge in [0.1, 0.15) is 6.33 Å². The molecule has 0 radical (unpaired) electrons. The minimum Gasteiger partial charge on any atom is -0.477 e. The van der Waals surface area contributed by atoms with Gasteiger partial charge in [0.05, 0.1) is 18.9 Å². The van der Waals surface area contributed by atoms with E-state index in [0.29, 0.717) is 30.9 Å². The lowest BCUT2D eigenvalue weighted by atomic mass is 10.1. The molecule has 0 atom stereocenters. The lowest BCUT2D eigenvalue weighted by Gasteiger charge is -2.15. The smallest absolute Gasteiger partial charge is 0.354 e. The van der Waals surface area contributed by atoms with E-state index in [2.05, 4.69) is 9.97 Å². The van der Waals surface area contributed by atoms with E-state index in [-0.39, 0.29) is 5.69 Å². The zero-order valence-corrected chi connectivity index (χ0v) is 6.86. The number of nitrogens with zero attached hydrogens (tertiary/aromatic N) is 2. The van der Waals surface area contributed by atoms with Crippen LogP contribution in [0.5, 0.6) is 0 Å². The highest BCUT2D eigenvalue weighted by molar-refractivity contribution is 5.87. The average molecular weight is 180 g/mol. The Bertz CT molecular complexity index is 351. The van der Waals surface area contributed by atoms with Crippen LogP contribution in [0.3, 0.4) is 0 Å². The van der Waals surface area contributed by atoms with Crippen LogP contribution in [0.25, 0.3) is 0 Å². The van der Waals surface area contributed by atoms with Gasteiger partial charge in [-0.3, -0.25) is 0 Å². The first-order valence-corrected chi connectivity index (χ1v) is 3.93. The second-order valence-corrected chi connectivity index (χ2v) is 2.76. The average Bonchev–Trinajstić information content (AvgIpc) is 2.17. The molecule has 0 saturated carbocycles. The van der Waals surface area contributed by atoms with E-state index in [0.717, 1.165) is 0 Å². The normalized spacial score (nSPS) is 15.1. The second kappa shape index (κ2) is 3.10. The highest BCUT2D eigenvalue weighted by Gasteiger charge is 2.19. The van der Waals surface area contributed by atoms with Crippen molar-refractivity contribution in [3.05, 3.63) is 23.3 Å². The molecule has 5 heteroatoms. The van der Waals surface area contributed by atoms with Gasteiger partial charge in [-0.2, -0.15) is 0 Å². The van der Waals surface area contributed by atoms with Crippen LogP contribution in [0.2, 0.25) is 0 Å². The third-order valence-electron chi connectivity index (χ3n) is 1.97. The van der Waals surface area contributed by atoms with Crippen LogP contribution in [0.15, 0.2) is 6.33 Å². The Morgan fingerprint density at radius 1 is 1.54 bits per heavy atom. The number of carboxylic acid groups (broad SMARTS) is 1. The van der Waals surface area contributed by atoms with Crippen molar-refractivity contribution in [1.29, 1.82) is 0 Å². The van der Waals surface area contributed by atoms with Crippen LogP contribution in [0, 0.1) is 0 Å². The number of carbonyl (C=O) groups is 1. The fourth-order valence-electron chi connectivity index (χ4n) is 1.36. The molecule has 0 saturated heterocycles. The van der Waals surface area contributed by atoms with E-state index >= 15 is 0 Å². The van der Waals surface area contributed by atoms with Crippen LogP contribution in [0.4, 0.5) is 0 Å². The quantitative estimate of drug-likeness (QED) is 0.670. The van der Waals surface area contributed by atoms with Gasteiger partial charge in [0.25, 0.3) is 0 Å². The highest BCUT2D eigenvalue weighted by Crippen LogP contribution is 2.16. The van der Waals surface area contributed by atoms with Gasteiger partial charge in [-0.05, 0) is 0 Å². The van der Waals surface area contributed by atoms with E-state index in [1.54, 1.807) is 0 Å². The molecular formula is C8H8N2O3. The molecule has 0 bridgehead atoms. The van der Waals surface area contributed by atoms with E-state index in [4.69, 9.17) is 9.84 Å². The van der Waals surface area contributed by atoms with Crippen molar-refractivity contribution in [3.8, 4) is 0 Å². The molecule has 1 aromatic rings. The summed E-state index contributed by atoms with van der Waals surface area (Å²) in [5.41, 5.74) is 1.51. The lowest BCUT2D eigenvalue weighted by Crippen LogP contribution is -2.17. The lowest BCUT2D eigenvalue weighted by molar-refractivity contribution is 0.0681. The largest absolute Gasteiger partial charge is 0.477 e. The van der Waals surface area contributed by atoms with Gasteiger partial charge in [-0.1, -0.05) is 0 Å². The topological polar surface area (TPSA) is 72.3 Å². The van der Waals surface area contributed by atoms with Gasteiger partial charge >= 0.3 is 5.97 Å². The standard InChI is InChI=1S/C8H8N2O3/c11-8(12)7-5-1-2-13-3-6(5)9-4-10-7/h4H,1-3H2,(H,11,12). The molecule has 0 unspecified atom stereocenters. The van der Waals surface area contributed by atoms with Crippen LogP contribution in [0.1, 0.15) is 21.7 Å². The van der Waals surface area contributed by atoms with Crippen LogP contribution >= 0.6 is 0 Å². The number of carboxylic acids is 1. The summed E-state index contributed by atoms with van der Waals surface area (Å²) in [7, 11) is 0. The Hall–Kier alpha value is -1.49. The van der Waals surface area contributed by atoms with Crippen molar-refractivity contribution < 1.29 is 14.6 Å². The number of hydrogen-bond donors (Lipinski definition) is 1. The molecule has 68 valence electrons. The van der Waals surface area contributed by atoms with Crippen molar-refractivity contribution in [3.63, 3.8) is 0 Å². The molecule has 0 aromatic carbocycles. The first kappa shape index (κ1) is 8.12. The fraction of sp³-hybridized carbons (Fsp3) is 0.375. The number of aromatic nitrogens is 2. The first-order valence-electron chi connectivity index (χ1n) is 3.93. The molecule has 1 aliphatic rings. The molecule has 1 N–H and O–H groups in total. The number of aromatic carboxylic acids is 1. The predicted octanol–water partition coefficient (Wildman–Crippen LogP) is 0.248. The molecule has 2 heterocycles. The molecule has 1 aromatic heterocycles. The van der Waals surface area contributed by atoms with Crippen molar-refractivity contribution in [2.75, 3.05) is 6.61 Å². The Kier molecular flexibility index (Phi) is 1.94. The molecule has 0 aliphatic carbocycles. The Balaban J connectivity index is 2.52. The maximum Gasteiger partial charge on any atom is 0.354 e. The minimum absolute atomic E-state index is 0.105. The van der Waals surface area contributed by atoms with Gasteiger partial charge in [-0.15, -0.1) is 0 Å². The summed E-state index contributed by atoms with van der Waals surface area (Å²) in [5.74, 6) is -0.999. The molecule has 5 nitrogen and oxygen atoms in total. The molecule has 0 spiro atoms. The van der Waals surface area contributed by atoms with Crippen molar-refractivity contribution in [1.82, 2.24) is 9.97 Å². The summed E-state index contributed by atoms with van der Waals surface area (Å²) in [6.07, 6.45) is 1.84. The summed E-state index contributed by atoms with van der Waals surface area (Å²) in [4.78, 5) is 18.4. The summed E-state index contributed by atoms with van der Waals surface area (Å²) in [6, 6.07) is 0. The Morgan fingerprint density at radius 3 is 3.15 bits per heavy atom. The summed E-state index contributed by atoms with van der Waals surface area (Å²) < 4.78 is 5.15. The summed E-state index contributed by atoms with van der Waals surface area (Å²) >= 11 is 0. The van der Waals surface area contributed by atoms with E-state index in [1.807, 2.05) is 0 Å². The van der Waals surface area contributed by atoms with Gasteiger partial charge in [0.15, 0.2) is 5.69 Å². The van der Waals surface area contributed by atoms with Crippen molar-refractivity contribution >= 4 is 5.97 Å². The van der Waals surface area contributed by atoms with E-state index < -0.39 is 5.97 Å². The maximum atomic E-state index is 10.7. The fourth-order valence-corrected chi connectivity index (χ4v) is 1.36. The molecule has 0 amide bonds. The third-order valence-corrected chi connectivity index (χ3v) is 1.97. The second-order valence-electron chi connectivity index (χ2n) is 2.76. The molecule has 13 heavy (non-hydrogen) atoms. The van der Waals surface area contributed by atoms with Gasteiger partial charge in [0.2, 0.25) is 0 Å². The molecule has 1 aliphatic heterocycles. The third kappa shape index (κ3) is 1.38. The van der Waals surface area contributed by atoms with E-state index in [9.17, 15) is 4.79 Å². The van der Waals surface area contributed by atoms with Gasteiger partial charge < -0.3 is 9.84 Å². The van der Waals surface area contributed by atoms with Gasteiger partial charge in [0, 0.05) is 12.0 Å². The molecule has 2 rings (SSSR count). The highest BCUT2D eigenvalue weighted by atomic mass is 16.5. The summed E-state index contributed by atoms with van der Waals surface area (Å²) in [5, 5.41) is 8.81. The maximum absolute atomic E-state index is 10.7. The Labute approximate surface area is 74.4 Å². The number of ether oxygens (including phenoxy) is 1. The predicted molar refractivity (Wildman–Crippen MR) is 42.4 cm³/mol. The van der Waals surface area contributed by atoms with Crippen LogP contribution in [-0.2, 0) is 17.8 Å². The number of rotatable bonds is 1. The monoisotopic (exact) mass is 180 g/mol. The van der Waals surface area contributed by atoms with Crippen LogP contribution in [-0.4, -0.2) is 27.7 Å². The van der Waals surface area contributed by atoms with Crippen molar-refractivity contribution in [2.24, 2.45) is 0 Å². The minimum atomic E-state index is -0.999. The van der Waals surface area contributed by atoms with Crippen LogP contribution < -0.4 is 0 Å². The van der Waals surface area contributed by atoms with E-state index in [1.165, 1.54) is 6.33 Å². The Morgan fingerprint density at radius 2 is 2.38 bits per heavy atom. The van der Waals surface area contributed by atoms with Gasteiger partial charge in [-0.25, -0.2) is 14.8 Å². The summed E-state index contributed by atoms with van der Waals surface area (Å²) in [6.45, 7) is 0.929. The first-order chi connectivity index (χ1) is 6.29. The molecular weight excluding hydrogens is 172 g/mol. The zero-order valence-electron chi connectivity index (χ0n) is 6.86.